The maximum atomic E-state index is 11.6. The Morgan fingerprint density at radius 3 is 2.50 bits per heavy atom. The van der Waals surface area contributed by atoms with Crippen LogP contribution in [0.2, 0.25) is 0 Å². The zero-order chi connectivity index (χ0) is 13.8. The number of amides is 1. The first-order valence-corrected chi connectivity index (χ1v) is 6.78. The number of carbonyl (C=O) groups excluding carboxylic acids is 2. The molecule has 0 rings (SSSR count). The van der Waals surface area contributed by atoms with Crippen molar-refractivity contribution in [2.24, 2.45) is 0 Å². The number of unbranched alkanes of at least 4 members (excludes halogenated alkanes) is 2. The normalized spacial score (nSPS) is 11.9. The largest absolute Gasteiger partial charge is 0.466 e. The summed E-state index contributed by atoms with van der Waals surface area (Å²) < 4.78 is 4.80. The Balaban J connectivity index is 3.58. The van der Waals surface area contributed by atoms with Gasteiger partial charge in [0.2, 0.25) is 5.91 Å². The Bertz CT molecular complexity index is 244. The van der Waals surface area contributed by atoms with Crippen LogP contribution in [0, 0.1) is 0 Å². The van der Waals surface area contributed by atoms with Crippen LogP contribution in [0.15, 0.2) is 0 Å². The van der Waals surface area contributed by atoms with Crippen molar-refractivity contribution in [1.82, 2.24) is 10.6 Å². The third-order valence-corrected chi connectivity index (χ3v) is 2.56. The molecule has 106 valence electrons. The van der Waals surface area contributed by atoms with E-state index >= 15 is 0 Å². The minimum Gasteiger partial charge on any atom is -0.466 e. The van der Waals surface area contributed by atoms with Gasteiger partial charge in [-0.15, -0.1) is 0 Å². The molecular formula is C13H26N2O3. The Labute approximate surface area is 110 Å². The molecule has 18 heavy (non-hydrogen) atoms. The second kappa shape index (κ2) is 11.0. The fourth-order valence-electron chi connectivity index (χ4n) is 1.46. The molecular weight excluding hydrogens is 232 g/mol. The molecule has 0 spiro atoms. The lowest BCUT2D eigenvalue weighted by atomic mass is 10.2. The van der Waals surface area contributed by atoms with E-state index in [0.29, 0.717) is 19.6 Å². The van der Waals surface area contributed by atoms with E-state index in [-0.39, 0.29) is 17.9 Å². The van der Waals surface area contributed by atoms with Crippen molar-refractivity contribution < 1.29 is 14.3 Å². The number of nitrogens with one attached hydrogen (secondary N) is 2. The van der Waals surface area contributed by atoms with Gasteiger partial charge < -0.3 is 15.4 Å². The van der Waals surface area contributed by atoms with Gasteiger partial charge in [0.25, 0.3) is 0 Å². The zero-order valence-electron chi connectivity index (χ0n) is 11.8. The third-order valence-electron chi connectivity index (χ3n) is 2.56. The zero-order valence-corrected chi connectivity index (χ0v) is 11.8. The average Bonchev–Trinajstić information content (AvgIpc) is 2.34. The molecule has 0 aromatic heterocycles. The molecule has 1 amide bonds. The second-order valence-corrected chi connectivity index (χ2v) is 4.23. The summed E-state index contributed by atoms with van der Waals surface area (Å²) in [6.07, 6.45) is 3.58. The van der Waals surface area contributed by atoms with Crippen molar-refractivity contribution in [1.29, 1.82) is 0 Å². The van der Waals surface area contributed by atoms with E-state index < -0.39 is 0 Å². The van der Waals surface area contributed by atoms with E-state index in [1.165, 1.54) is 0 Å². The Morgan fingerprint density at radius 2 is 1.89 bits per heavy atom. The predicted octanol–water partition coefficient (Wildman–Crippen LogP) is 1.22. The number of ether oxygens (including phenoxy) is 1. The van der Waals surface area contributed by atoms with E-state index in [2.05, 4.69) is 17.6 Å². The van der Waals surface area contributed by atoms with Crippen LogP contribution >= 0.6 is 0 Å². The predicted molar refractivity (Wildman–Crippen MR) is 71.2 cm³/mol. The molecule has 0 aliphatic carbocycles. The summed E-state index contributed by atoms with van der Waals surface area (Å²) in [7, 11) is 0. The van der Waals surface area contributed by atoms with E-state index in [1.807, 2.05) is 0 Å². The Kier molecular flexibility index (Phi) is 10.3. The number of esters is 1. The highest BCUT2D eigenvalue weighted by Crippen LogP contribution is 1.92. The van der Waals surface area contributed by atoms with Crippen molar-refractivity contribution in [3.05, 3.63) is 0 Å². The van der Waals surface area contributed by atoms with Gasteiger partial charge in [-0.3, -0.25) is 9.59 Å². The van der Waals surface area contributed by atoms with E-state index in [1.54, 1.807) is 13.8 Å². The van der Waals surface area contributed by atoms with Gasteiger partial charge in [0.05, 0.1) is 19.1 Å². The summed E-state index contributed by atoms with van der Waals surface area (Å²) in [5, 5.41) is 5.86. The van der Waals surface area contributed by atoms with Crippen LogP contribution in [0.5, 0.6) is 0 Å². The highest BCUT2D eigenvalue weighted by atomic mass is 16.5. The first kappa shape index (κ1) is 16.9. The molecule has 5 nitrogen and oxygen atoms in total. The minimum absolute atomic E-state index is 0.0186. The van der Waals surface area contributed by atoms with Gasteiger partial charge in [0.15, 0.2) is 0 Å². The SMILES string of the molecule is CCCCCNC(=O)C(C)NCCC(=O)OCC. The number of rotatable bonds is 10. The first-order valence-electron chi connectivity index (χ1n) is 6.78. The molecule has 1 unspecified atom stereocenters. The molecule has 0 heterocycles. The van der Waals surface area contributed by atoms with Crippen LogP contribution < -0.4 is 10.6 Å². The molecule has 0 aliphatic rings. The maximum Gasteiger partial charge on any atom is 0.307 e. The Morgan fingerprint density at radius 1 is 1.17 bits per heavy atom. The Hall–Kier alpha value is -1.10. The number of hydrogen-bond acceptors (Lipinski definition) is 4. The lowest BCUT2D eigenvalue weighted by Gasteiger charge is -2.13. The van der Waals surface area contributed by atoms with Gasteiger partial charge in [-0.25, -0.2) is 0 Å². The van der Waals surface area contributed by atoms with E-state index in [4.69, 9.17) is 4.74 Å². The maximum absolute atomic E-state index is 11.6. The summed E-state index contributed by atoms with van der Waals surface area (Å²) in [6.45, 7) is 7.27. The summed E-state index contributed by atoms with van der Waals surface area (Å²) in [5.41, 5.74) is 0. The lowest BCUT2D eigenvalue weighted by Crippen LogP contribution is -2.43. The van der Waals surface area contributed by atoms with Crippen molar-refractivity contribution in [3.63, 3.8) is 0 Å². The smallest absolute Gasteiger partial charge is 0.307 e. The van der Waals surface area contributed by atoms with Crippen LogP contribution in [-0.2, 0) is 14.3 Å². The van der Waals surface area contributed by atoms with Crippen molar-refractivity contribution in [3.8, 4) is 0 Å². The van der Waals surface area contributed by atoms with Crippen LogP contribution in [0.1, 0.15) is 46.5 Å². The fourth-order valence-corrected chi connectivity index (χ4v) is 1.46. The van der Waals surface area contributed by atoms with Crippen molar-refractivity contribution in [2.45, 2.75) is 52.5 Å². The highest BCUT2D eigenvalue weighted by molar-refractivity contribution is 5.81. The molecule has 0 bridgehead atoms. The molecule has 0 saturated carbocycles. The monoisotopic (exact) mass is 258 g/mol. The highest BCUT2D eigenvalue weighted by Gasteiger charge is 2.11. The van der Waals surface area contributed by atoms with Gasteiger partial charge in [0, 0.05) is 13.1 Å². The molecule has 0 aliphatic heterocycles. The molecule has 1 atom stereocenters. The fraction of sp³-hybridized carbons (Fsp3) is 0.846. The molecule has 0 radical (unpaired) electrons. The van der Waals surface area contributed by atoms with Gasteiger partial charge in [-0.1, -0.05) is 19.8 Å². The van der Waals surface area contributed by atoms with Crippen molar-refractivity contribution >= 4 is 11.9 Å². The summed E-state index contributed by atoms with van der Waals surface area (Å²) in [4.78, 5) is 22.7. The van der Waals surface area contributed by atoms with Crippen LogP contribution in [0.25, 0.3) is 0 Å². The van der Waals surface area contributed by atoms with Gasteiger partial charge in [0.1, 0.15) is 0 Å². The van der Waals surface area contributed by atoms with Gasteiger partial charge >= 0.3 is 5.97 Å². The third kappa shape index (κ3) is 8.98. The summed E-state index contributed by atoms with van der Waals surface area (Å²) >= 11 is 0. The summed E-state index contributed by atoms with van der Waals surface area (Å²) in [5.74, 6) is -0.254. The molecule has 2 N–H and O–H groups in total. The first-order chi connectivity index (χ1) is 8.61. The number of carbonyl (C=O) groups is 2. The molecule has 5 heteroatoms. The molecule has 0 aromatic carbocycles. The lowest BCUT2D eigenvalue weighted by molar-refractivity contribution is -0.143. The minimum atomic E-state index is -0.277. The van der Waals surface area contributed by atoms with Gasteiger partial charge in [-0.2, -0.15) is 0 Å². The van der Waals surface area contributed by atoms with E-state index in [0.717, 1.165) is 25.8 Å². The summed E-state index contributed by atoms with van der Waals surface area (Å²) in [6, 6.07) is -0.277. The molecule has 0 aromatic rings. The van der Waals surface area contributed by atoms with E-state index in [9.17, 15) is 9.59 Å². The van der Waals surface area contributed by atoms with Crippen LogP contribution in [0.3, 0.4) is 0 Å². The average molecular weight is 258 g/mol. The standard InChI is InChI=1S/C13H26N2O3/c1-4-6-7-9-15-13(17)11(3)14-10-8-12(16)18-5-2/h11,14H,4-10H2,1-3H3,(H,15,17). The molecule has 0 fully saturated rings. The van der Waals surface area contributed by atoms with Crippen molar-refractivity contribution in [2.75, 3.05) is 19.7 Å². The van der Waals surface area contributed by atoms with Crippen LogP contribution in [0.4, 0.5) is 0 Å². The quantitative estimate of drug-likeness (QED) is 0.457. The second-order valence-electron chi connectivity index (χ2n) is 4.23. The molecule has 0 saturated heterocycles. The topological polar surface area (TPSA) is 67.4 Å². The number of hydrogen-bond donors (Lipinski definition) is 2. The van der Waals surface area contributed by atoms with Gasteiger partial charge in [-0.05, 0) is 20.3 Å². The van der Waals surface area contributed by atoms with Crippen LogP contribution in [-0.4, -0.2) is 37.6 Å².